The average Bonchev–Trinajstić information content (AvgIpc) is 2.50. The summed E-state index contributed by atoms with van der Waals surface area (Å²) < 4.78 is 4.39. The normalized spacial score (nSPS) is 15.1. The third kappa shape index (κ3) is 3.15. The molecule has 2 rings (SSSR count). The second-order valence-corrected chi connectivity index (χ2v) is 4.62. The molecular weight excluding hydrogens is 260 g/mol. The molecule has 0 fully saturated rings. The number of aliphatic hydroxyl groups excluding tert-OH is 1. The number of fused-ring (bicyclic) bond motifs is 1. The minimum atomic E-state index is -1.34. The number of rotatable bonds is 4. The van der Waals surface area contributed by atoms with Gasteiger partial charge in [0, 0.05) is 12.1 Å². The number of hydrogen-bond donors (Lipinski definition) is 3. The van der Waals surface area contributed by atoms with Gasteiger partial charge in [-0.05, 0) is 30.2 Å². The predicted molar refractivity (Wildman–Crippen MR) is 72.2 cm³/mol. The van der Waals surface area contributed by atoms with Crippen LogP contribution in [0.2, 0.25) is 0 Å². The maximum atomic E-state index is 12.1. The number of ether oxygens (including phenoxy) is 1. The van der Waals surface area contributed by atoms with Crippen molar-refractivity contribution in [2.45, 2.75) is 19.1 Å². The van der Waals surface area contributed by atoms with Gasteiger partial charge in [0.2, 0.25) is 0 Å². The summed E-state index contributed by atoms with van der Waals surface area (Å²) in [5, 5.41) is 15.3. The van der Waals surface area contributed by atoms with Gasteiger partial charge in [-0.15, -0.1) is 0 Å². The van der Waals surface area contributed by atoms with Gasteiger partial charge in [0.15, 0.2) is 6.10 Å². The van der Waals surface area contributed by atoms with E-state index < -0.39 is 12.1 Å². The lowest BCUT2D eigenvalue weighted by Gasteiger charge is -2.20. The number of hydrogen-bond acceptors (Lipinski definition) is 5. The highest BCUT2D eigenvalue weighted by molar-refractivity contribution is 5.96. The van der Waals surface area contributed by atoms with Gasteiger partial charge < -0.3 is 20.5 Å². The lowest BCUT2D eigenvalue weighted by atomic mass is 9.95. The van der Waals surface area contributed by atoms with Gasteiger partial charge in [-0.25, -0.2) is 4.79 Å². The van der Waals surface area contributed by atoms with Crippen LogP contribution < -0.4 is 10.6 Å². The van der Waals surface area contributed by atoms with E-state index in [2.05, 4.69) is 15.4 Å². The van der Waals surface area contributed by atoms with Crippen molar-refractivity contribution in [2.75, 3.05) is 20.2 Å². The van der Waals surface area contributed by atoms with Crippen LogP contribution in [-0.4, -0.2) is 43.3 Å². The summed E-state index contributed by atoms with van der Waals surface area (Å²) in [5.41, 5.74) is 2.73. The molecule has 6 heteroatoms. The van der Waals surface area contributed by atoms with Crippen LogP contribution in [-0.2, 0) is 22.5 Å². The zero-order chi connectivity index (χ0) is 14.5. The maximum absolute atomic E-state index is 12.1. The number of benzene rings is 1. The van der Waals surface area contributed by atoms with Gasteiger partial charge in [-0.2, -0.15) is 0 Å². The first-order valence-corrected chi connectivity index (χ1v) is 6.49. The molecule has 6 nitrogen and oxygen atoms in total. The molecule has 0 aliphatic carbocycles. The van der Waals surface area contributed by atoms with E-state index in [1.54, 1.807) is 6.07 Å². The van der Waals surface area contributed by atoms with Gasteiger partial charge in [-0.1, -0.05) is 12.1 Å². The molecule has 108 valence electrons. The third-order valence-corrected chi connectivity index (χ3v) is 3.31. The Labute approximate surface area is 117 Å². The molecule has 1 atom stereocenters. The molecule has 0 spiro atoms. The molecule has 0 bridgehead atoms. The topological polar surface area (TPSA) is 87.7 Å². The van der Waals surface area contributed by atoms with Crippen molar-refractivity contribution in [3.63, 3.8) is 0 Å². The molecule has 1 aliphatic rings. The summed E-state index contributed by atoms with van der Waals surface area (Å²) in [6.45, 7) is 1.43. The van der Waals surface area contributed by atoms with Crippen LogP contribution in [0.3, 0.4) is 0 Å². The highest BCUT2D eigenvalue weighted by Gasteiger charge is 2.20. The summed E-state index contributed by atoms with van der Waals surface area (Å²) in [6.07, 6.45) is -0.552. The number of amides is 1. The number of carbonyl (C=O) groups is 2. The van der Waals surface area contributed by atoms with Gasteiger partial charge in [0.25, 0.3) is 5.91 Å². The summed E-state index contributed by atoms with van der Waals surface area (Å²) in [6, 6.07) is 5.57. The highest BCUT2D eigenvalue weighted by atomic mass is 16.5. The monoisotopic (exact) mass is 278 g/mol. The summed E-state index contributed by atoms with van der Waals surface area (Å²) in [4.78, 5) is 23.2. The van der Waals surface area contributed by atoms with Crippen molar-refractivity contribution < 1.29 is 19.4 Å². The molecular formula is C14H18N2O4. The zero-order valence-corrected chi connectivity index (χ0v) is 11.3. The zero-order valence-electron chi connectivity index (χ0n) is 11.3. The fraction of sp³-hybridized carbons (Fsp3) is 0.429. The molecule has 1 amide bonds. The Hall–Kier alpha value is -1.92. The molecule has 1 aromatic carbocycles. The van der Waals surface area contributed by atoms with Gasteiger partial charge in [0.1, 0.15) is 0 Å². The quantitative estimate of drug-likeness (QED) is 0.652. The van der Waals surface area contributed by atoms with Crippen LogP contribution in [0.5, 0.6) is 0 Å². The fourth-order valence-corrected chi connectivity index (χ4v) is 2.25. The first kappa shape index (κ1) is 14.5. The Morgan fingerprint density at radius 2 is 2.30 bits per heavy atom. The molecule has 0 saturated heterocycles. The SMILES string of the molecule is COC(=O)C(O)CNC(=O)c1cccc2c1CCNC2. The Morgan fingerprint density at radius 3 is 3.05 bits per heavy atom. The lowest BCUT2D eigenvalue weighted by Crippen LogP contribution is -2.38. The van der Waals surface area contributed by atoms with Gasteiger partial charge in [-0.3, -0.25) is 4.79 Å². The smallest absolute Gasteiger partial charge is 0.336 e. The number of aliphatic hydroxyl groups is 1. The minimum absolute atomic E-state index is 0.159. The largest absolute Gasteiger partial charge is 0.467 e. The van der Waals surface area contributed by atoms with E-state index in [0.29, 0.717) is 5.56 Å². The Bertz CT molecular complexity index is 516. The molecule has 1 aliphatic heterocycles. The van der Waals surface area contributed by atoms with E-state index in [-0.39, 0.29) is 12.5 Å². The Morgan fingerprint density at radius 1 is 1.50 bits per heavy atom. The minimum Gasteiger partial charge on any atom is -0.467 e. The molecule has 1 unspecified atom stereocenters. The molecule has 0 aromatic heterocycles. The van der Waals surface area contributed by atoms with Crippen LogP contribution in [0.15, 0.2) is 18.2 Å². The van der Waals surface area contributed by atoms with Crippen molar-refractivity contribution in [1.29, 1.82) is 0 Å². The number of esters is 1. The van der Waals surface area contributed by atoms with E-state index in [1.807, 2.05) is 12.1 Å². The standard InChI is InChI=1S/C14H18N2O4/c1-20-14(19)12(17)8-16-13(18)11-4-2-3-9-7-15-6-5-10(9)11/h2-4,12,15,17H,5-8H2,1H3,(H,16,18). The van der Waals surface area contributed by atoms with E-state index in [4.69, 9.17) is 0 Å². The molecule has 3 N–H and O–H groups in total. The molecule has 1 heterocycles. The highest BCUT2D eigenvalue weighted by Crippen LogP contribution is 2.18. The third-order valence-electron chi connectivity index (χ3n) is 3.31. The van der Waals surface area contributed by atoms with E-state index in [0.717, 1.165) is 30.6 Å². The average molecular weight is 278 g/mol. The lowest BCUT2D eigenvalue weighted by molar-refractivity contribution is -0.149. The number of carbonyl (C=O) groups excluding carboxylic acids is 2. The first-order chi connectivity index (χ1) is 9.63. The Kier molecular flexibility index (Phi) is 4.70. The van der Waals surface area contributed by atoms with Crippen molar-refractivity contribution in [3.05, 3.63) is 34.9 Å². The van der Waals surface area contributed by atoms with Crippen molar-refractivity contribution in [1.82, 2.24) is 10.6 Å². The van der Waals surface area contributed by atoms with Crippen LogP contribution in [0, 0.1) is 0 Å². The summed E-state index contributed by atoms with van der Waals surface area (Å²) in [7, 11) is 1.19. The number of nitrogens with one attached hydrogen (secondary N) is 2. The predicted octanol–water partition coefficient (Wildman–Crippen LogP) is -0.404. The first-order valence-electron chi connectivity index (χ1n) is 6.49. The van der Waals surface area contributed by atoms with Gasteiger partial charge >= 0.3 is 5.97 Å². The summed E-state index contributed by atoms with van der Waals surface area (Å²) >= 11 is 0. The van der Waals surface area contributed by atoms with Crippen LogP contribution in [0.25, 0.3) is 0 Å². The molecule has 0 radical (unpaired) electrons. The van der Waals surface area contributed by atoms with E-state index >= 15 is 0 Å². The van der Waals surface area contributed by atoms with Crippen molar-refractivity contribution in [3.8, 4) is 0 Å². The van der Waals surface area contributed by atoms with Crippen LogP contribution >= 0.6 is 0 Å². The number of methoxy groups -OCH3 is 1. The maximum Gasteiger partial charge on any atom is 0.336 e. The summed E-state index contributed by atoms with van der Waals surface area (Å²) in [5.74, 6) is -1.05. The Balaban J connectivity index is 2.05. The fourth-order valence-electron chi connectivity index (χ4n) is 2.25. The molecule has 1 aromatic rings. The van der Waals surface area contributed by atoms with Crippen molar-refractivity contribution >= 4 is 11.9 Å². The van der Waals surface area contributed by atoms with Crippen LogP contribution in [0.1, 0.15) is 21.5 Å². The van der Waals surface area contributed by atoms with Crippen LogP contribution in [0.4, 0.5) is 0 Å². The van der Waals surface area contributed by atoms with E-state index in [1.165, 1.54) is 7.11 Å². The van der Waals surface area contributed by atoms with E-state index in [9.17, 15) is 14.7 Å². The second-order valence-electron chi connectivity index (χ2n) is 4.62. The molecule has 0 saturated carbocycles. The second kappa shape index (κ2) is 6.49. The molecule has 20 heavy (non-hydrogen) atoms. The van der Waals surface area contributed by atoms with Gasteiger partial charge in [0.05, 0.1) is 13.7 Å². The van der Waals surface area contributed by atoms with Crippen molar-refractivity contribution in [2.24, 2.45) is 0 Å².